The minimum absolute atomic E-state index is 0.0453. The number of nitrogens with zero attached hydrogens (tertiary/aromatic N) is 1. The molecule has 3 rings (SSSR count). The number of rotatable bonds is 7. The van der Waals surface area contributed by atoms with E-state index in [0.29, 0.717) is 17.5 Å². The minimum atomic E-state index is -0.0701. The van der Waals surface area contributed by atoms with Gasteiger partial charge in [-0.05, 0) is 42.5 Å². The molecule has 2 aromatic carbocycles. The predicted molar refractivity (Wildman–Crippen MR) is 102 cm³/mol. The van der Waals surface area contributed by atoms with Crippen LogP contribution < -0.4 is 5.43 Å². The number of hydrogen-bond donors (Lipinski definition) is 2. The summed E-state index contributed by atoms with van der Waals surface area (Å²) in [4.78, 5) is 12.9. The van der Waals surface area contributed by atoms with Crippen LogP contribution in [0.25, 0.3) is 22.2 Å². The quantitative estimate of drug-likeness (QED) is 0.644. The maximum Gasteiger partial charge on any atom is 0.215 e. The summed E-state index contributed by atoms with van der Waals surface area (Å²) in [5.74, 6) is 0. The molecule has 1 heterocycles. The topological polar surface area (TPSA) is 66.0 Å². The maximum absolute atomic E-state index is 12.9. The zero-order valence-electron chi connectivity index (χ0n) is 14.6. The van der Waals surface area contributed by atoms with Crippen molar-refractivity contribution in [1.82, 2.24) is 10.2 Å². The van der Waals surface area contributed by atoms with E-state index in [4.69, 9.17) is 0 Å². The summed E-state index contributed by atoms with van der Waals surface area (Å²) in [6, 6.07) is 13.6. The predicted octanol–water partition coefficient (Wildman–Crippen LogP) is 3.86. The monoisotopic (exact) mass is 336 g/mol. The van der Waals surface area contributed by atoms with Crippen LogP contribution in [0.1, 0.15) is 37.3 Å². The number of aromatic nitrogens is 2. The third-order valence-electron chi connectivity index (χ3n) is 4.55. The second kappa shape index (κ2) is 8.08. The van der Waals surface area contributed by atoms with Crippen LogP contribution >= 0.6 is 0 Å². The second-order valence-electron chi connectivity index (χ2n) is 6.37. The van der Waals surface area contributed by atoms with Crippen LogP contribution in [-0.2, 0) is 12.8 Å². The molecule has 3 aromatic rings. The van der Waals surface area contributed by atoms with Gasteiger partial charge in [0.05, 0.1) is 5.52 Å². The Morgan fingerprint density at radius 1 is 1.08 bits per heavy atom. The van der Waals surface area contributed by atoms with E-state index < -0.39 is 0 Å². The Balaban J connectivity index is 2.01. The smallest absolute Gasteiger partial charge is 0.215 e. The molecule has 0 unspecified atom stereocenters. The molecule has 25 heavy (non-hydrogen) atoms. The van der Waals surface area contributed by atoms with Gasteiger partial charge in [0.2, 0.25) is 5.43 Å². The summed E-state index contributed by atoms with van der Waals surface area (Å²) in [6.45, 7) is 2.24. The molecule has 0 spiro atoms. The molecule has 0 saturated carbocycles. The van der Waals surface area contributed by atoms with E-state index in [1.165, 1.54) is 18.4 Å². The number of nitrogens with one attached hydrogen (secondary N) is 1. The van der Waals surface area contributed by atoms with Crippen molar-refractivity contribution >= 4 is 10.9 Å². The van der Waals surface area contributed by atoms with E-state index in [-0.39, 0.29) is 12.0 Å². The molecule has 0 aliphatic carbocycles. The SMILES string of the molecule is CCCCCc1ccc2c(=O)c(-c3ccccc3CCO)n[nH]c2c1. The van der Waals surface area contributed by atoms with Gasteiger partial charge in [0, 0.05) is 17.6 Å². The summed E-state index contributed by atoms with van der Waals surface area (Å²) in [7, 11) is 0. The first-order valence-corrected chi connectivity index (χ1v) is 8.95. The van der Waals surface area contributed by atoms with Crippen LogP contribution in [0.2, 0.25) is 0 Å². The Hall–Kier alpha value is -2.46. The number of aliphatic hydroxyl groups excluding tert-OH is 1. The molecular weight excluding hydrogens is 312 g/mol. The standard InChI is InChI=1S/C21H24N2O2/c1-2-3-4-7-15-10-11-18-19(14-15)22-23-20(21(18)25)17-9-6-5-8-16(17)12-13-24/h5-6,8-11,14,24H,2-4,7,12-13H2,1H3,(H,22,25). The Morgan fingerprint density at radius 2 is 1.92 bits per heavy atom. The van der Waals surface area contributed by atoms with Gasteiger partial charge in [0.25, 0.3) is 0 Å². The highest BCUT2D eigenvalue weighted by atomic mass is 16.3. The molecule has 0 saturated heterocycles. The van der Waals surface area contributed by atoms with Crippen molar-refractivity contribution in [2.45, 2.75) is 39.0 Å². The number of unbranched alkanes of at least 4 members (excludes halogenated alkanes) is 2. The van der Waals surface area contributed by atoms with E-state index in [9.17, 15) is 9.90 Å². The number of aromatic amines is 1. The summed E-state index contributed by atoms with van der Waals surface area (Å²) in [6.07, 6.45) is 5.10. The molecule has 0 radical (unpaired) electrons. The zero-order chi connectivity index (χ0) is 17.6. The van der Waals surface area contributed by atoms with Gasteiger partial charge in [0.15, 0.2) is 0 Å². The van der Waals surface area contributed by atoms with Gasteiger partial charge in [-0.2, -0.15) is 5.10 Å². The number of benzene rings is 2. The second-order valence-corrected chi connectivity index (χ2v) is 6.37. The largest absolute Gasteiger partial charge is 0.396 e. The molecule has 0 fully saturated rings. The van der Waals surface area contributed by atoms with Crippen molar-refractivity contribution in [3.63, 3.8) is 0 Å². The third kappa shape index (κ3) is 3.80. The molecule has 1 aromatic heterocycles. The minimum Gasteiger partial charge on any atom is -0.396 e. The lowest BCUT2D eigenvalue weighted by Crippen LogP contribution is -2.11. The highest BCUT2D eigenvalue weighted by molar-refractivity contribution is 5.82. The van der Waals surface area contributed by atoms with Crippen molar-refractivity contribution in [2.24, 2.45) is 0 Å². The van der Waals surface area contributed by atoms with Crippen molar-refractivity contribution in [2.75, 3.05) is 6.61 Å². The van der Waals surface area contributed by atoms with E-state index in [1.807, 2.05) is 42.5 Å². The fourth-order valence-corrected chi connectivity index (χ4v) is 3.18. The Labute approximate surface area is 147 Å². The van der Waals surface area contributed by atoms with Crippen LogP contribution in [0.15, 0.2) is 47.3 Å². The van der Waals surface area contributed by atoms with Crippen LogP contribution in [-0.4, -0.2) is 21.9 Å². The summed E-state index contributed by atoms with van der Waals surface area (Å²) >= 11 is 0. The summed E-state index contributed by atoms with van der Waals surface area (Å²) in [5, 5.41) is 17.3. The number of aliphatic hydroxyl groups is 1. The molecule has 130 valence electrons. The van der Waals surface area contributed by atoms with Gasteiger partial charge >= 0.3 is 0 Å². The number of hydrogen-bond acceptors (Lipinski definition) is 3. The molecule has 0 atom stereocenters. The number of H-pyrrole nitrogens is 1. The summed E-state index contributed by atoms with van der Waals surface area (Å²) in [5.41, 5.74) is 4.06. The molecule has 4 heteroatoms. The van der Waals surface area contributed by atoms with Crippen LogP contribution in [0.5, 0.6) is 0 Å². The fraction of sp³-hybridized carbons (Fsp3) is 0.333. The fourth-order valence-electron chi connectivity index (χ4n) is 3.18. The van der Waals surface area contributed by atoms with Crippen LogP contribution in [0.3, 0.4) is 0 Å². The highest BCUT2D eigenvalue weighted by Gasteiger charge is 2.12. The first-order valence-electron chi connectivity index (χ1n) is 8.95. The Bertz CT molecular complexity index is 915. The van der Waals surface area contributed by atoms with Crippen molar-refractivity contribution in [3.05, 3.63) is 63.8 Å². The molecule has 0 bridgehead atoms. The van der Waals surface area contributed by atoms with Gasteiger partial charge in [-0.1, -0.05) is 50.1 Å². The van der Waals surface area contributed by atoms with Crippen molar-refractivity contribution in [3.8, 4) is 11.3 Å². The molecular formula is C21H24N2O2. The summed E-state index contributed by atoms with van der Waals surface area (Å²) < 4.78 is 0. The lowest BCUT2D eigenvalue weighted by Gasteiger charge is -2.09. The van der Waals surface area contributed by atoms with Crippen molar-refractivity contribution in [1.29, 1.82) is 0 Å². The molecule has 0 aliphatic heterocycles. The van der Waals surface area contributed by atoms with Crippen molar-refractivity contribution < 1.29 is 5.11 Å². The maximum atomic E-state index is 12.9. The average Bonchev–Trinajstić information content (AvgIpc) is 2.63. The Kier molecular flexibility index (Phi) is 5.61. The first kappa shape index (κ1) is 17.4. The van der Waals surface area contributed by atoms with Gasteiger partial charge in [0.1, 0.15) is 5.69 Å². The molecule has 0 aliphatic rings. The van der Waals surface area contributed by atoms with Gasteiger partial charge in [-0.25, -0.2) is 0 Å². The lowest BCUT2D eigenvalue weighted by atomic mass is 10.00. The van der Waals surface area contributed by atoms with Gasteiger partial charge in [-0.3, -0.25) is 9.89 Å². The lowest BCUT2D eigenvalue weighted by molar-refractivity contribution is 0.300. The zero-order valence-corrected chi connectivity index (χ0v) is 14.6. The first-order chi connectivity index (χ1) is 12.2. The van der Waals surface area contributed by atoms with Crippen LogP contribution in [0.4, 0.5) is 0 Å². The van der Waals surface area contributed by atoms with E-state index in [1.54, 1.807) is 0 Å². The molecule has 4 nitrogen and oxygen atoms in total. The third-order valence-corrected chi connectivity index (χ3v) is 4.55. The van der Waals surface area contributed by atoms with Gasteiger partial charge < -0.3 is 5.11 Å². The molecule has 2 N–H and O–H groups in total. The Morgan fingerprint density at radius 3 is 2.72 bits per heavy atom. The molecule has 0 amide bonds. The van der Waals surface area contributed by atoms with Crippen LogP contribution in [0, 0.1) is 0 Å². The average molecular weight is 336 g/mol. The van der Waals surface area contributed by atoms with E-state index >= 15 is 0 Å². The van der Waals surface area contributed by atoms with Gasteiger partial charge in [-0.15, -0.1) is 0 Å². The normalized spacial score (nSPS) is 11.1. The number of fused-ring (bicyclic) bond motifs is 1. The number of aryl methyl sites for hydroxylation is 1. The van der Waals surface area contributed by atoms with E-state index in [0.717, 1.165) is 29.5 Å². The highest BCUT2D eigenvalue weighted by Crippen LogP contribution is 2.21. The van der Waals surface area contributed by atoms with E-state index in [2.05, 4.69) is 17.1 Å².